The van der Waals surface area contributed by atoms with E-state index in [9.17, 15) is 4.79 Å². The van der Waals surface area contributed by atoms with Crippen LogP contribution in [0.15, 0.2) is 54.6 Å². The summed E-state index contributed by atoms with van der Waals surface area (Å²) in [6.07, 6.45) is 1.73. The molecule has 0 aliphatic heterocycles. The van der Waals surface area contributed by atoms with Crippen molar-refractivity contribution in [3.63, 3.8) is 0 Å². The Morgan fingerprint density at radius 2 is 1.65 bits per heavy atom. The summed E-state index contributed by atoms with van der Waals surface area (Å²) in [7, 11) is 0. The molecular formula is C17H19NO2. The van der Waals surface area contributed by atoms with Gasteiger partial charge in [-0.1, -0.05) is 48.5 Å². The summed E-state index contributed by atoms with van der Waals surface area (Å²) < 4.78 is 0. The van der Waals surface area contributed by atoms with E-state index in [0.717, 1.165) is 18.4 Å². The van der Waals surface area contributed by atoms with Gasteiger partial charge in [-0.15, -0.1) is 0 Å². The van der Waals surface area contributed by atoms with Gasteiger partial charge in [-0.25, -0.2) is 0 Å². The van der Waals surface area contributed by atoms with E-state index in [0.29, 0.717) is 5.56 Å². The molecule has 3 nitrogen and oxygen atoms in total. The van der Waals surface area contributed by atoms with Gasteiger partial charge in [0, 0.05) is 12.1 Å². The average molecular weight is 269 g/mol. The molecule has 0 aromatic heterocycles. The van der Waals surface area contributed by atoms with Crippen LogP contribution < -0.4 is 5.32 Å². The number of carbonyl (C=O) groups excluding carboxylic acids is 1. The minimum Gasteiger partial charge on any atom is -0.395 e. The second-order valence-corrected chi connectivity index (χ2v) is 4.62. The van der Waals surface area contributed by atoms with E-state index >= 15 is 0 Å². The van der Waals surface area contributed by atoms with Crippen molar-refractivity contribution in [3.05, 3.63) is 71.3 Å². The number of rotatable bonds is 6. The lowest BCUT2D eigenvalue weighted by molar-refractivity contribution is 0.0944. The highest BCUT2D eigenvalue weighted by molar-refractivity contribution is 5.95. The summed E-state index contributed by atoms with van der Waals surface area (Å²) in [4.78, 5) is 12.0. The van der Waals surface area contributed by atoms with Gasteiger partial charge in [0.15, 0.2) is 0 Å². The van der Waals surface area contributed by atoms with Crippen molar-refractivity contribution in [2.75, 3.05) is 13.2 Å². The van der Waals surface area contributed by atoms with Crippen LogP contribution >= 0.6 is 0 Å². The molecular weight excluding hydrogens is 250 g/mol. The first-order valence-electron chi connectivity index (χ1n) is 6.82. The molecule has 2 aromatic rings. The Kier molecular flexibility index (Phi) is 5.33. The van der Waals surface area contributed by atoms with Crippen LogP contribution in [0.3, 0.4) is 0 Å². The zero-order chi connectivity index (χ0) is 14.2. The monoisotopic (exact) mass is 269 g/mol. The van der Waals surface area contributed by atoms with Crippen LogP contribution in [-0.4, -0.2) is 24.2 Å². The van der Waals surface area contributed by atoms with E-state index in [1.165, 1.54) is 5.56 Å². The average Bonchev–Trinajstić information content (AvgIpc) is 2.52. The van der Waals surface area contributed by atoms with Crippen molar-refractivity contribution in [3.8, 4) is 0 Å². The van der Waals surface area contributed by atoms with E-state index in [4.69, 9.17) is 5.11 Å². The van der Waals surface area contributed by atoms with Gasteiger partial charge in [0.05, 0.1) is 6.61 Å². The van der Waals surface area contributed by atoms with Crippen molar-refractivity contribution in [2.24, 2.45) is 0 Å². The Bertz CT molecular complexity index is 552. The van der Waals surface area contributed by atoms with E-state index in [2.05, 4.69) is 17.4 Å². The zero-order valence-corrected chi connectivity index (χ0v) is 11.4. The Balaban J connectivity index is 2.06. The van der Waals surface area contributed by atoms with Crippen molar-refractivity contribution in [2.45, 2.75) is 12.8 Å². The Morgan fingerprint density at radius 1 is 0.950 bits per heavy atom. The number of aliphatic hydroxyl groups excluding tert-OH is 1. The van der Waals surface area contributed by atoms with Gasteiger partial charge in [0.25, 0.3) is 5.91 Å². The molecule has 0 unspecified atom stereocenters. The fourth-order valence-electron chi connectivity index (χ4n) is 2.15. The van der Waals surface area contributed by atoms with Gasteiger partial charge in [0.2, 0.25) is 0 Å². The maximum Gasteiger partial charge on any atom is 0.251 e. The topological polar surface area (TPSA) is 49.3 Å². The number of aliphatic hydroxyl groups is 1. The number of nitrogens with one attached hydrogen (secondary N) is 1. The predicted molar refractivity (Wildman–Crippen MR) is 79.7 cm³/mol. The van der Waals surface area contributed by atoms with E-state index in [1.807, 2.05) is 42.5 Å². The Morgan fingerprint density at radius 3 is 2.40 bits per heavy atom. The van der Waals surface area contributed by atoms with Gasteiger partial charge < -0.3 is 10.4 Å². The number of carbonyl (C=O) groups is 1. The molecule has 0 radical (unpaired) electrons. The third kappa shape index (κ3) is 3.93. The normalized spacial score (nSPS) is 10.2. The highest BCUT2D eigenvalue weighted by Gasteiger charge is 2.09. The van der Waals surface area contributed by atoms with Crippen LogP contribution in [-0.2, 0) is 12.8 Å². The van der Waals surface area contributed by atoms with Crippen molar-refractivity contribution in [1.82, 2.24) is 5.32 Å². The van der Waals surface area contributed by atoms with Crippen LogP contribution in [0.1, 0.15) is 21.5 Å². The standard InChI is InChI=1S/C17H19NO2/c19-13-12-18-17(20)16-9-5-4-8-15(16)11-10-14-6-2-1-3-7-14/h1-9,19H,10-13H2,(H,18,20). The van der Waals surface area contributed by atoms with E-state index < -0.39 is 0 Å². The lowest BCUT2D eigenvalue weighted by atomic mass is 9.99. The van der Waals surface area contributed by atoms with Crippen LogP contribution in [0, 0.1) is 0 Å². The first kappa shape index (κ1) is 14.3. The second kappa shape index (κ2) is 7.46. The third-order valence-electron chi connectivity index (χ3n) is 3.19. The van der Waals surface area contributed by atoms with Crippen LogP contribution in [0.25, 0.3) is 0 Å². The van der Waals surface area contributed by atoms with Crippen molar-refractivity contribution < 1.29 is 9.90 Å². The number of amides is 1. The molecule has 0 aliphatic carbocycles. The van der Waals surface area contributed by atoms with Gasteiger partial charge in [-0.2, -0.15) is 0 Å². The fourth-order valence-corrected chi connectivity index (χ4v) is 2.15. The molecule has 0 saturated heterocycles. The maximum atomic E-state index is 12.0. The molecule has 1 amide bonds. The minimum atomic E-state index is -0.122. The van der Waals surface area contributed by atoms with E-state index in [-0.39, 0.29) is 19.1 Å². The SMILES string of the molecule is O=C(NCCO)c1ccccc1CCc1ccccc1. The molecule has 0 atom stereocenters. The summed E-state index contributed by atoms with van der Waals surface area (Å²) in [5.41, 5.74) is 2.99. The fraction of sp³-hybridized carbons (Fsp3) is 0.235. The third-order valence-corrected chi connectivity index (χ3v) is 3.19. The number of benzene rings is 2. The quantitative estimate of drug-likeness (QED) is 0.844. The van der Waals surface area contributed by atoms with Crippen LogP contribution in [0.5, 0.6) is 0 Å². The van der Waals surface area contributed by atoms with Crippen molar-refractivity contribution >= 4 is 5.91 Å². The Labute approximate surface area is 119 Å². The number of hydrogen-bond donors (Lipinski definition) is 2. The summed E-state index contributed by atoms with van der Waals surface area (Å²) in [5, 5.41) is 11.5. The zero-order valence-electron chi connectivity index (χ0n) is 11.4. The smallest absolute Gasteiger partial charge is 0.251 e. The van der Waals surface area contributed by atoms with Gasteiger partial charge in [-0.3, -0.25) is 4.79 Å². The molecule has 20 heavy (non-hydrogen) atoms. The molecule has 0 bridgehead atoms. The first-order chi connectivity index (χ1) is 9.81. The number of hydrogen-bond acceptors (Lipinski definition) is 2. The summed E-state index contributed by atoms with van der Waals surface area (Å²) in [5.74, 6) is -0.122. The minimum absolute atomic E-state index is 0.0437. The first-order valence-corrected chi connectivity index (χ1v) is 6.82. The molecule has 2 aromatic carbocycles. The molecule has 104 valence electrons. The second-order valence-electron chi connectivity index (χ2n) is 4.62. The van der Waals surface area contributed by atoms with Gasteiger partial charge >= 0.3 is 0 Å². The van der Waals surface area contributed by atoms with Crippen LogP contribution in [0.4, 0.5) is 0 Å². The van der Waals surface area contributed by atoms with Crippen LogP contribution in [0.2, 0.25) is 0 Å². The molecule has 0 saturated carbocycles. The summed E-state index contributed by atoms with van der Waals surface area (Å²) >= 11 is 0. The largest absolute Gasteiger partial charge is 0.395 e. The lowest BCUT2D eigenvalue weighted by Crippen LogP contribution is -2.27. The Hall–Kier alpha value is -2.13. The molecule has 0 aliphatic rings. The van der Waals surface area contributed by atoms with Gasteiger partial charge in [0.1, 0.15) is 0 Å². The highest BCUT2D eigenvalue weighted by Crippen LogP contribution is 2.12. The van der Waals surface area contributed by atoms with Gasteiger partial charge in [-0.05, 0) is 30.0 Å². The number of aryl methyl sites for hydroxylation is 2. The predicted octanol–water partition coefficient (Wildman–Crippen LogP) is 2.19. The molecule has 0 heterocycles. The summed E-state index contributed by atoms with van der Waals surface area (Å²) in [6, 6.07) is 17.8. The lowest BCUT2D eigenvalue weighted by Gasteiger charge is -2.09. The molecule has 0 fully saturated rings. The maximum absolute atomic E-state index is 12.0. The molecule has 3 heteroatoms. The molecule has 2 rings (SSSR count). The summed E-state index contributed by atoms with van der Waals surface area (Å²) in [6.45, 7) is 0.240. The highest BCUT2D eigenvalue weighted by atomic mass is 16.3. The molecule has 2 N–H and O–H groups in total. The van der Waals surface area contributed by atoms with E-state index in [1.54, 1.807) is 0 Å². The van der Waals surface area contributed by atoms with Crippen molar-refractivity contribution in [1.29, 1.82) is 0 Å². The molecule has 0 spiro atoms.